The van der Waals surface area contributed by atoms with Gasteiger partial charge in [0.2, 0.25) is 0 Å². The number of carbonyl (C=O) groups is 1. The third-order valence-corrected chi connectivity index (χ3v) is 2.71. The quantitative estimate of drug-likeness (QED) is 0.840. The zero-order valence-electron chi connectivity index (χ0n) is 9.17. The summed E-state index contributed by atoms with van der Waals surface area (Å²) in [6.45, 7) is 5.89. The van der Waals surface area contributed by atoms with Crippen molar-refractivity contribution >= 4 is 34.9 Å². The molecule has 0 aromatic carbocycles. The number of aromatic nitrogens is 1. The zero-order chi connectivity index (χ0) is 13.0. The normalized spacial score (nSPS) is 10.1. The maximum atomic E-state index is 10.7. The van der Waals surface area contributed by atoms with Crippen LogP contribution in [0.5, 0.6) is 0 Å². The molecule has 0 spiro atoms. The molecule has 0 amide bonds. The van der Waals surface area contributed by atoms with Crippen LogP contribution in [0.15, 0.2) is 12.8 Å². The Bertz CT molecular complexity index is 460. The predicted molar refractivity (Wildman–Crippen MR) is 66.3 cm³/mol. The number of carboxylic acids is 1. The fourth-order valence-corrected chi connectivity index (χ4v) is 1.84. The lowest BCUT2D eigenvalue weighted by Gasteiger charge is -2.11. The van der Waals surface area contributed by atoms with Gasteiger partial charge in [-0.1, -0.05) is 29.8 Å². The molecule has 17 heavy (non-hydrogen) atoms. The van der Waals surface area contributed by atoms with Gasteiger partial charge < -0.3 is 9.84 Å². The second-order valence-electron chi connectivity index (χ2n) is 3.17. The van der Waals surface area contributed by atoms with Gasteiger partial charge in [-0.25, -0.2) is 4.98 Å². The molecule has 1 rings (SSSR count). The fourth-order valence-electron chi connectivity index (χ4n) is 1.25. The number of aliphatic carboxylic acids is 1. The molecule has 0 unspecified atom stereocenters. The van der Waals surface area contributed by atoms with Crippen LogP contribution in [0.3, 0.4) is 0 Å². The Hall–Kier alpha value is -1.26. The van der Waals surface area contributed by atoms with E-state index in [2.05, 4.69) is 11.6 Å². The minimum absolute atomic E-state index is 0.165. The van der Waals surface area contributed by atoms with E-state index in [0.29, 0.717) is 23.6 Å². The summed E-state index contributed by atoms with van der Waals surface area (Å²) in [7, 11) is 0. The Morgan fingerprint density at radius 3 is 2.76 bits per heavy atom. The summed E-state index contributed by atoms with van der Waals surface area (Å²) in [5, 5.41) is 9.14. The minimum Gasteiger partial charge on any atom is -0.492 e. The number of carboxylic acid groups (broad SMARTS) is 1. The minimum atomic E-state index is -1.02. The topological polar surface area (TPSA) is 59.4 Å². The van der Waals surface area contributed by atoms with Gasteiger partial charge in [0.1, 0.15) is 11.5 Å². The van der Waals surface area contributed by atoms with Crippen molar-refractivity contribution in [2.75, 3.05) is 6.61 Å². The zero-order valence-corrected chi connectivity index (χ0v) is 10.7. The molecule has 0 aliphatic heterocycles. The third-order valence-electron chi connectivity index (χ3n) is 1.98. The highest BCUT2D eigenvalue weighted by atomic mass is 35.5. The first kappa shape index (κ1) is 13.8. The van der Waals surface area contributed by atoms with Crippen molar-refractivity contribution in [3.63, 3.8) is 0 Å². The number of nitrogens with zero attached hydrogens (tertiary/aromatic N) is 1. The van der Waals surface area contributed by atoms with Crippen LogP contribution in [0, 0.1) is 0 Å². The van der Waals surface area contributed by atoms with E-state index in [-0.39, 0.29) is 16.5 Å². The van der Waals surface area contributed by atoms with E-state index in [0.717, 1.165) is 0 Å². The number of hydrogen-bond donors (Lipinski definition) is 1. The Balaban J connectivity index is 3.18. The van der Waals surface area contributed by atoms with Gasteiger partial charge in [0.05, 0.1) is 23.1 Å². The second-order valence-corrected chi connectivity index (χ2v) is 3.96. The summed E-state index contributed by atoms with van der Waals surface area (Å²) in [5.41, 5.74) is 0.626. The summed E-state index contributed by atoms with van der Waals surface area (Å²) >= 11 is 11.9. The highest BCUT2D eigenvalue weighted by Crippen LogP contribution is 2.30. The Morgan fingerprint density at radius 2 is 2.24 bits per heavy atom. The van der Waals surface area contributed by atoms with Crippen LogP contribution in [-0.2, 0) is 16.0 Å². The van der Waals surface area contributed by atoms with Crippen molar-refractivity contribution < 1.29 is 14.6 Å². The van der Waals surface area contributed by atoms with Gasteiger partial charge in [0.15, 0.2) is 0 Å². The van der Waals surface area contributed by atoms with Crippen molar-refractivity contribution in [2.45, 2.75) is 13.3 Å². The Kier molecular flexibility index (Phi) is 4.78. The number of halogens is 2. The molecule has 0 radical (unpaired) electrons. The SMILES string of the molecule is C=C(OCC)c1ncc(Cl)c(CC(=O)O)c1Cl. The summed E-state index contributed by atoms with van der Waals surface area (Å²) in [6.07, 6.45) is 1.07. The third kappa shape index (κ3) is 3.35. The van der Waals surface area contributed by atoms with Crippen LogP contribution in [0.2, 0.25) is 10.0 Å². The number of rotatable bonds is 5. The average molecular weight is 276 g/mol. The van der Waals surface area contributed by atoms with Crippen molar-refractivity contribution in [3.05, 3.63) is 34.1 Å². The van der Waals surface area contributed by atoms with Crippen LogP contribution < -0.4 is 0 Å². The van der Waals surface area contributed by atoms with Crippen LogP contribution in [0.1, 0.15) is 18.2 Å². The number of ether oxygens (including phenoxy) is 1. The molecule has 0 bridgehead atoms. The lowest BCUT2D eigenvalue weighted by atomic mass is 10.1. The molecule has 0 saturated carbocycles. The highest BCUT2D eigenvalue weighted by Gasteiger charge is 2.17. The van der Waals surface area contributed by atoms with Crippen molar-refractivity contribution in [2.24, 2.45) is 0 Å². The maximum Gasteiger partial charge on any atom is 0.307 e. The first-order chi connectivity index (χ1) is 7.97. The highest BCUT2D eigenvalue weighted by molar-refractivity contribution is 6.37. The largest absolute Gasteiger partial charge is 0.492 e. The van der Waals surface area contributed by atoms with Crippen LogP contribution >= 0.6 is 23.2 Å². The van der Waals surface area contributed by atoms with Gasteiger partial charge in [-0.15, -0.1) is 0 Å². The van der Waals surface area contributed by atoms with Gasteiger partial charge in [-0.2, -0.15) is 0 Å². The Morgan fingerprint density at radius 1 is 1.59 bits per heavy atom. The van der Waals surface area contributed by atoms with Crippen molar-refractivity contribution in [3.8, 4) is 0 Å². The number of hydrogen-bond acceptors (Lipinski definition) is 3. The fraction of sp³-hybridized carbons (Fsp3) is 0.273. The first-order valence-corrected chi connectivity index (χ1v) is 5.59. The molecule has 1 heterocycles. The van der Waals surface area contributed by atoms with E-state index in [1.165, 1.54) is 6.20 Å². The molecule has 4 nitrogen and oxygen atoms in total. The van der Waals surface area contributed by atoms with Gasteiger partial charge in [0.25, 0.3) is 0 Å². The molecular weight excluding hydrogens is 265 g/mol. The van der Waals surface area contributed by atoms with Gasteiger partial charge in [-0.05, 0) is 6.92 Å². The smallest absolute Gasteiger partial charge is 0.307 e. The molecule has 0 saturated heterocycles. The molecule has 1 N–H and O–H groups in total. The molecule has 0 aliphatic rings. The van der Waals surface area contributed by atoms with E-state index >= 15 is 0 Å². The standard InChI is InChI=1S/C11H11Cl2NO3/c1-3-17-6(2)11-10(13)7(4-9(15)16)8(12)5-14-11/h5H,2-4H2,1H3,(H,15,16). The molecular formula is C11H11Cl2NO3. The van der Waals surface area contributed by atoms with E-state index in [9.17, 15) is 4.79 Å². The summed E-state index contributed by atoms with van der Waals surface area (Å²) in [4.78, 5) is 14.7. The molecule has 0 atom stereocenters. The summed E-state index contributed by atoms with van der Waals surface area (Å²) < 4.78 is 5.18. The molecule has 0 fully saturated rings. The maximum absolute atomic E-state index is 10.7. The summed E-state index contributed by atoms with van der Waals surface area (Å²) in [5.74, 6) is -0.728. The summed E-state index contributed by atoms with van der Waals surface area (Å²) in [6, 6.07) is 0. The molecule has 92 valence electrons. The van der Waals surface area contributed by atoms with Gasteiger partial charge in [0, 0.05) is 11.8 Å². The van der Waals surface area contributed by atoms with E-state index < -0.39 is 5.97 Å². The van der Waals surface area contributed by atoms with E-state index in [1.807, 2.05) is 0 Å². The van der Waals surface area contributed by atoms with E-state index in [4.69, 9.17) is 33.0 Å². The van der Waals surface area contributed by atoms with Crippen LogP contribution in [-0.4, -0.2) is 22.7 Å². The first-order valence-electron chi connectivity index (χ1n) is 4.84. The van der Waals surface area contributed by atoms with Crippen molar-refractivity contribution in [1.29, 1.82) is 0 Å². The predicted octanol–water partition coefficient (Wildman–Crippen LogP) is 3.02. The number of pyridine rings is 1. The van der Waals surface area contributed by atoms with Crippen LogP contribution in [0.4, 0.5) is 0 Å². The molecule has 0 aliphatic carbocycles. The molecule has 1 aromatic rings. The Labute approximate surface area is 109 Å². The van der Waals surface area contributed by atoms with E-state index in [1.54, 1.807) is 6.92 Å². The van der Waals surface area contributed by atoms with Crippen molar-refractivity contribution in [1.82, 2.24) is 4.98 Å². The van der Waals surface area contributed by atoms with Gasteiger partial charge >= 0.3 is 5.97 Å². The van der Waals surface area contributed by atoms with Gasteiger partial charge in [-0.3, -0.25) is 4.79 Å². The lowest BCUT2D eigenvalue weighted by Crippen LogP contribution is -2.05. The molecule has 6 heteroatoms. The second kappa shape index (κ2) is 5.89. The monoisotopic (exact) mass is 275 g/mol. The van der Waals surface area contributed by atoms with Crippen LogP contribution in [0.25, 0.3) is 5.76 Å². The lowest BCUT2D eigenvalue weighted by molar-refractivity contribution is -0.136. The molecule has 1 aromatic heterocycles. The average Bonchev–Trinajstić information content (AvgIpc) is 2.24.